The summed E-state index contributed by atoms with van der Waals surface area (Å²) in [5.74, 6) is -0.420. The smallest absolute Gasteiger partial charge is 0.262 e. The molecule has 1 saturated carbocycles. The van der Waals surface area contributed by atoms with E-state index in [1.165, 1.54) is 0 Å². The average molecular weight is 839 g/mol. The summed E-state index contributed by atoms with van der Waals surface area (Å²) in [7, 11) is 0. The van der Waals surface area contributed by atoms with Gasteiger partial charge in [0.2, 0.25) is 23.5 Å². The van der Waals surface area contributed by atoms with E-state index in [0.717, 1.165) is 74.6 Å². The molecule has 6 heterocycles. The lowest BCUT2D eigenvalue weighted by Crippen LogP contribution is -2.74. The van der Waals surface area contributed by atoms with E-state index < -0.39 is 40.5 Å². The molecule has 9 rings (SSSR count). The molecule has 2 N–H and O–H groups in total. The quantitative estimate of drug-likeness (QED) is 0.177. The van der Waals surface area contributed by atoms with Gasteiger partial charge in [-0.25, -0.2) is 14.8 Å². The monoisotopic (exact) mass is 838 g/mol. The van der Waals surface area contributed by atoms with Gasteiger partial charge in [0.15, 0.2) is 0 Å². The molecular formula is C46H50N10O6. The van der Waals surface area contributed by atoms with Crippen LogP contribution < -0.4 is 25.2 Å². The lowest BCUT2D eigenvalue weighted by Gasteiger charge is -2.63. The lowest BCUT2D eigenvalue weighted by molar-refractivity contribution is -0.163. The number of amides is 5. The molecular weight excluding hydrogens is 789 g/mol. The number of imide groups is 2. The number of benzene rings is 2. The van der Waals surface area contributed by atoms with Crippen LogP contribution in [-0.4, -0.2) is 118 Å². The number of hydrogen-bond acceptors (Lipinski definition) is 12. The molecule has 0 bridgehead atoms. The van der Waals surface area contributed by atoms with Crippen LogP contribution >= 0.6 is 0 Å². The van der Waals surface area contributed by atoms with E-state index in [1.807, 2.05) is 24.3 Å². The number of carbonyl (C=O) groups is 5. The van der Waals surface area contributed by atoms with Gasteiger partial charge >= 0.3 is 0 Å². The molecule has 4 fully saturated rings. The van der Waals surface area contributed by atoms with Crippen molar-refractivity contribution in [2.24, 2.45) is 16.7 Å². The Hall–Kier alpha value is -6.47. The van der Waals surface area contributed by atoms with E-state index in [1.54, 1.807) is 36.8 Å². The maximum absolute atomic E-state index is 13.6. The Balaban J connectivity index is 0.740. The van der Waals surface area contributed by atoms with E-state index in [0.29, 0.717) is 39.9 Å². The summed E-state index contributed by atoms with van der Waals surface area (Å²) in [6, 6.07) is 11.5. The number of nitrogens with zero attached hydrogens (tertiary/aromatic N) is 8. The molecule has 2 aromatic carbocycles. The normalized spacial score (nSPS) is 23.7. The fourth-order valence-electron chi connectivity index (χ4n) is 10.6. The molecule has 0 spiro atoms. The van der Waals surface area contributed by atoms with Crippen molar-refractivity contribution in [2.45, 2.75) is 71.6 Å². The summed E-state index contributed by atoms with van der Waals surface area (Å²) >= 11 is 0. The molecule has 0 radical (unpaired) electrons. The van der Waals surface area contributed by atoms with Gasteiger partial charge in [0.1, 0.15) is 17.9 Å². The Morgan fingerprint density at radius 1 is 0.871 bits per heavy atom. The van der Waals surface area contributed by atoms with E-state index in [4.69, 9.17) is 11.3 Å². The SMILES string of the molecule is [C-]#[N+]c1ccc(OC2C(C)(C)C(NC(=O)c3cnc(N4CCC(CN5CCN(c6ccc7c(c6)C(=O)N(C6CCC(=O)NC6=O)C7=O)CC5)CC4)nc3)C2(C)C)c2cccnc12. The standard InChI is InChI=1S/C46H50N10O6/c1-45(2)42(46(3,4)43(45)62-35-12-10-33(47-5)37-31(35)7-6-16-48-37)52-38(58)28-24-49-44(50-25-28)55-17-14-27(15-18-55)26-53-19-21-54(22-20-53)29-8-9-30-32(23-29)41(61)56(40(30)60)34-11-13-36(57)51-39(34)59/h6-10,12,16,23-25,27,34,42-43H,11,13-15,17-22,26H2,1-4H3,(H,52,58)(H,51,57,59). The van der Waals surface area contributed by atoms with Gasteiger partial charge in [0, 0.05) is 98.8 Å². The summed E-state index contributed by atoms with van der Waals surface area (Å²) < 4.78 is 6.64. The van der Waals surface area contributed by atoms with Crippen LogP contribution in [-0.2, 0) is 9.59 Å². The van der Waals surface area contributed by atoms with Gasteiger partial charge < -0.3 is 19.9 Å². The first kappa shape index (κ1) is 40.9. The topological polar surface area (TPSA) is 175 Å². The molecule has 5 aliphatic rings. The molecule has 1 aliphatic carbocycles. The van der Waals surface area contributed by atoms with Gasteiger partial charge in [-0.1, -0.05) is 33.8 Å². The van der Waals surface area contributed by atoms with Crippen LogP contribution in [0.4, 0.5) is 17.3 Å². The Morgan fingerprint density at radius 2 is 1.58 bits per heavy atom. The Labute approximate surface area is 359 Å². The molecule has 1 unspecified atom stereocenters. The summed E-state index contributed by atoms with van der Waals surface area (Å²) in [5.41, 5.74) is 2.14. The summed E-state index contributed by atoms with van der Waals surface area (Å²) in [6.45, 7) is 21.8. The summed E-state index contributed by atoms with van der Waals surface area (Å²) in [4.78, 5) is 89.3. The number of carbonyl (C=O) groups excluding carboxylic acids is 5. The molecule has 320 valence electrons. The Kier molecular flexibility index (Phi) is 10.4. The van der Waals surface area contributed by atoms with E-state index in [9.17, 15) is 24.0 Å². The number of piperazine rings is 1. The van der Waals surface area contributed by atoms with Crippen LogP contribution in [0.2, 0.25) is 0 Å². The minimum absolute atomic E-state index is 0.0850. The molecule has 62 heavy (non-hydrogen) atoms. The number of ether oxygens (including phenoxy) is 1. The third kappa shape index (κ3) is 7.17. The highest BCUT2D eigenvalue weighted by Gasteiger charge is 2.64. The summed E-state index contributed by atoms with van der Waals surface area (Å²) in [6.07, 6.45) is 6.90. The van der Waals surface area contributed by atoms with Crippen molar-refractivity contribution in [3.05, 3.63) is 89.2 Å². The predicted molar refractivity (Wildman–Crippen MR) is 230 cm³/mol. The molecule has 3 saturated heterocycles. The van der Waals surface area contributed by atoms with E-state index in [2.05, 4.69) is 72.8 Å². The second kappa shape index (κ2) is 15.8. The fraction of sp³-hybridized carbons (Fsp3) is 0.457. The van der Waals surface area contributed by atoms with Crippen molar-refractivity contribution < 1.29 is 28.7 Å². The number of piperidine rings is 2. The van der Waals surface area contributed by atoms with Crippen molar-refractivity contribution in [1.29, 1.82) is 0 Å². The number of nitrogens with one attached hydrogen (secondary N) is 2. The molecule has 4 aromatic rings. The lowest BCUT2D eigenvalue weighted by atomic mass is 9.49. The number of anilines is 2. The number of fused-ring (bicyclic) bond motifs is 2. The van der Waals surface area contributed by atoms with Crippen LogP contribution in [0.25, 0.3) is 15.7 Å². The van der Waals surface area contributed by atoms with Crippen LogP contribution in [0.5, 0.6) is 5.75 Å². The zero-order chi connectivity index (χ0) is 43.5. The van der Waals surface area contributed by atoms with E-state index in [-0.39, 0.29) is 36.5 Å². The average Bonchev–Trinajstić information content (AvgIpc) is 3.52. The molecule has 2 aromatic heterocycles. The van der Waals surface area contributed by atoms with Crippen LogP contribution in [0.15, 0.2) is 61.1 Å². The third-order valence-electron chi connectivity index (χ3n) is 13.7. The highest BCUT2D eigenvalue weighted by atomic mass is 16.5. The third-order valence-corrected chi connectivity index (χ3v) is 13.7. The van der Waals surface area contributed by atoms with Crippen LogP contribution in [0.3, 0.4) is 0 Å². The van der Waals surface area contributed by atoms with Crippen molar-refractivity contribution in [3.8, 4) is 5.75 Å². The number of hydrogen-bond donors (Lipinski definition) is 2. The van der Waals surface area contributed by atoms with Gasteiger partial charge in [-0.15, -0.1) is 0 Å². The Morgan fingerprint density at radius 3 is 2.27 bits per heavy atom. The predicted octanol–water partition coefficient (Wildman–Crippen LogP) is 4.63. The van der Waals surface area contributed by atoms with E-state index >= 15 is 0 Å². The Bertz CT molecular complexity index is 2500. The first-order valence-electron chi connectivity index (χ1n) is 21.4. The number of pyridine rings is 1. The maximum Gasteiger partial charge on any atom is 0.262 e. The second-order valence-electron chi connectivity index (χ2n) is 18.3. The largest absolute Gasteiger partial charge is 0.489 e. The van der Waals surface area contributed by atoms with Crippen molar-refractivity contribution in [1.82, 2.24) is 35.4 Å². The van der Waals surface area contributed by atoms with Crippen LogP contribution in [0, 0.1) is 23.3 Å². The number of aromatic nitrogens is 3. The first-order chi connectivity index (χ1) is 29.7. The zero-order valence-corrected chi connectivity index (χ0v) is 35.4. The van der Waals surface area contributed by atoms with Gasteiger partial charge in [-0.2, -0.15) is 0 Å². The molecule has 16 nitrogen and oxygen atoms in total. The minimum atomic E-state index is -0.982. The number of rotatable bonds is 9. The molecule has 16 heteroatoms. The van der Waals surface area contributed by atoms with Crippen molar-refractivity contribution in [3.63, 3.8) is 0 Å². The highest BCUT2D eigenvalue weighted by Crippen LogP contribution is 2.56. The second-order valence-corrected chi connectivity index (χ2v) is 18.3. The first-order valence-corrected chi connectivity index (χ1v) is 21.4. The fourth-order valence-corrected chi connectivity index (χ4v) is 10.6. The van der Waals surface area contributed by atoms with Gasteiger partial charge in [0.25, 0.3) is 17.7 Å². The van der Waals surface area contributed by atoms with Gasteiger partial charge in [0.05, 0.1) is 28.8 Å². The van der Waals surface area contributed by atoms with Crippen LogP contribution in [0.1, 0.15) is 84.5 Å². The summed E-state index contributed by atoms with van der Waals surface area (Å²) in [5, 5.41) is 6.28. The molecule has 4 aliphatic heterocycles. The minimum Gasteiger partial charge on any atom is -0.489 e. The zero-order valence-electron chi connectivity index (χ0n) is 35.4. The van der Waals surface area contributed by atoms with Gasteiger partial charge in [-0.05, 0) is 61.6 Å². The highest BCUT2D eigenvalue weighted by molar-refractivity contribution is 6.23. The van der Waals surface area contributed by atoms with Gasteiger partial charge in [-0.3, -0.25) is 44.1 Å². The molecule has 5 amide bonds. The van der Waals surface area contributed by atoms with Crippen molar-refractivity contribution in [2.75, 3.05) is 55.6 Å². The van der Waals surface area contributed by atoms with Crippen molar-refractivity contribution >= 4 is 57.8 Å². The maximum atomic E-state index is 13.6. The molecule has 1 atom stereocenters.